The lowest BCUT2D eigenvalue weighted by Gasteiger charge is -2.26. The van der Waals surface area contributed by atoms with Crippen LogP contribution in [-0.2, 0) is 11.3 Å². The normalized spacial score (nSPS) is 15.0. The first-order valence-electron chi connectivity index (χ1n) is 9.10. The summed E-state index contributed by atoms with van der Waals surface area (Å²) in [5, 5.41) is 7.35. The smallest absolute Gasteiger partial charge is 0.317 e. The standard InChI is InChI=1S/C19H27N5O2/c1-22(19(25)20-8-5-9-23-10-12-26-13-11-23)15-17-14-21-24(16-17)18-6-3-2-4-7-18/h2-4,6-7,14,16H,5,8-13,15H2,1H3,(H,20,25). The molecule has 1 fully saturated rings. The molecule has 0 aliphatic carbocycles. The van der Waals surface area contributed by atoms with Crippen LogP contribution in [-0.4, -0.2) is 72.1 Å². The Labute approximate surface area is 154 Å². The third kappa shape index (κ3) is 5.31. The van der Waals surface area contributed by atoms with Crippen molar-refractivity contribution < 1.29 is 9.53 Å². The molecule has 1 aromatic heterocycles. The highest BCUT2D eigenvalue weighted by Gasteiger charge is 2.12. The SMILES string of the molecule is CN(Cc1cnn(-c2ccccc2)c1)C(=O)NCCCN1CCOCC1. The Morgan fingerprint density at radius 3 is 2.81 bits per heavy atom. The molecule has 2 heterocycles. The minimum absolute atomic E-state index is 0.0561. The lowest BCUT2D eigenvalue weighted by molar-refractivity contribution is 0.0375. The Morgan fingerprint density at radius 2 is 2.04 bits per heavy atom. The van der Waals surface area contributed by atoms with E-state index in [0.29, 0.717) is 13.1 Å². The molecule has 1 saturated heterocycles. The number of urea groups is 1. The summed E-state index contributed by atoms with van der Waals surface area (Å²) in [5.74, 6) is 0. The minimum Gasteiger partial charge on any atom is -0.379 e. The monoisotopic (exact) mass is 357 g/mol. The number of ether oxygens (including phenoxy) is 1. The molecule has 0 radical (unpaired) electrons. The van der Waals surface area contributed by atoms with Gasteiger partial charge in [0.25, 0.3) is 0 Å². The molecule has 0 saturated carbocycles. The van der Waals surface area contributed by atoms with Crippen molar-refractivity contribution in [3.63, 3.8) is 0 Å². The van der Waals surface area contributed by atoms with Crippen molar-refractivity contribution in [2.75, 3.05) is 46.4 Å². The molecule has 0 atom stereocenters. The van der Waals surface area contributed by atoms with Crippen molar-refractivity contribution in [1.82, 2.24) is 24.9 Å². The summed E-state index contributed by atoms with van der Waals surface area (Å²) in [6.45, 7) is 5.80. The summed E-state index contributed by atoms with van der Waals surface area (Å²) >= 11 is 0. The van der Waals surface area contributed by atoms with Gasteiger partial charge in [-0.05, 0) is 25.1 Å². The van der Waals surface area contributed by atoms with Crippen molar-refractivity contribution in [2.24, 2.45) is 0 Å². The number of nitrogens with zero attached hydrogens (tertiary/aromatic N) is 4. The number of para-hydroxylation sites is 1. The highest BCUT2D eigenvalue weighted by Crippen LogP contribution is 2.09. The quantitative estimate of drug-likeness (QED) is 0.767. The summed E-state index contributed by atoms with van der Waals surface area (Å²) in [7, 11) is 1.80. The van der Waals surface area contributed by atoms with Crippen molar-refractivity contribution in [3.8, 4) is 5.69 Å². The summed E-state index contributed by atoms with van der Waals surface area (Å²) in [4.78, 5) is 16.3. The fourth-order valence-electron chi connectivity index (χ4n) is 2.97. The number of morpholine rings is 1. The van der Waals surface area contributed by atoms with Crippen LogP contribution in [0.15, 0.2) is 42.7 Å². The molecule has 1 aliphatic rings. The van der Waals surface area contributed by atoms with Crippen molar-refractivity contribution in [1.29, 1.82) is 0 Å². The molecule has 140 valence electrons. The van der Waals surface area contributed by atoms with Gasteiger partial charge in [0.15, 0.2) is 0 Å². The molecular formula is C19H27N5O2. The van der Waals surface area contributed by atoms with E-state index in [-0.39, 0.29) is 6.03 Å². The average Bonchev–Trinajstić information content (AvgIpc) is 3.15. The van der Waals surface area contributed by atoms with E-state index in [4.69, 9.17) is 4.74 Å². The molecule has 7 heteroatoms. The lowest BCUT2D eigenvalue weighted by atomic mass is 10.3. The van der Waals surface area contributed by atoms with E-state index in [1.54, 1.807) is 18.1 Å². The van der Waals surface area contributed by atoms with Crippen LogP contribution in [0.3, 0.4) is 0 Å². The van der Waals surface area contributed by atoms with Gasteiger partial charge in [-0.3, -0.25) is 4.90 Å². The average molecular weight is 357 g/mol. The van der Waals surface area contributed by atoms with Gasteiger partial charge in [-0.2, -0.15) is 5.10 Å². The Hall–Kier alpha value is -2.38. The summed E-state index contributed by atoms with van der Waals surface area (Å²) in [5.41, 5.74) is 2.01. The minimum atomic E-state index is -0.0561. The summed E-state index contributed by atoms with van der Waals surface area (Å²) in [6, 6.07) is 9.88. The molecule has 26 heavy (non-hydrogen) atoms. The Kier molecular flexibility index (Phi) is 6.62. The first kappa shape index (κ1) is 18.4. The van der Waals surface area contributed by atoms with E-state index in [9.17, 15) is 4.79 Å². The number of carbonyl (C=O) groups is 1. The number of hydrogen-bond donors (Lipinski definition) is 1. The van der Waals surface area contributed by atoms with Crippen LogP contribution in [0.4, 0.5) is 4.79 Å². The van der Waals surface area contributed by atoms with Crippen LogP contribution in [0.25, 0.3) is 5.69 Å². The molecule has 1 aliphatic heterocycles. The van der Waals surface area contributed by atoms with E-state index < -0.39 is 0 Å². The zero-order valence-corrected chi connectivity index (χ0v) is 15.3. The van der Waals surface area contributed by atoms with E-state index in [1.807, 2.05) is 41.2 Å². The van der Waals surface area contributed by atoms with Crippen LogP contribution in [0.2, 0.25) is 0 Å². The number of carbonyl (C=O) groups excluding carboxylic acids is 1. The van der Waals surface area contributed by atoms with E-state index >= 15 is 0 Å². The number of hydrogen-bond acceptors (Lipinski definition) is 4. The van der Waals surface area contributed by atoms with Crippen molar-refractivity contribution >= 4 is 6.03 Å². The van der Waals surface area contributed by atoms with Crippen molar-refractivity contribution in [3.05, 3.63) is 48.3 Å². The fraction of sp³-hybridized carbons (Fsp3) is 0.474. The molecule has 0 unspecified atom stereocenters. The third-order valence-electron chi connectivity index (χ3n) is 4.45. The van der Waals surface area contributed by atoms with Gasteiger partial charge < -0.3 is 15.0 Å². The van der Waals surface area contributed by atoms with Gasteiger partial charge in [-0.1, -0.05) is 18.2 Å². The molecule has 1 N–H and O–H groups in total. The molecule has 3 rings (SSSR count). The van der Waals surface area contributed by atoms with Gasteiger partial charge in [0.2, 0.25) is 0 Å². The maximum Gasteiger partial charge on any atom is 0.317 e. The molecule has 2 aromatic rings. The second-order valence-electron chi connectivity index (χ2n) is 6.52. The number of rotatable bonds is 7. The predicted molar refractivity (Wildman–Crippen MR) is 100 cm³/mol. The maximum atomic E-state index is 12.2. The Morgan fingerprint density at radius 1 is 1.27 bits per heavy atom. The number of nitrogens with one attached hydrogen (secondary N) is 1. The van der Waals surface area contributed by atoms with Crippen LogP contribution in [0.5, 0.6) is 0 Å². The highest BCUT2D eigenvalue weighted by molar-refractivity contribution is 5.73. The van der Waals surface area contributed by atoms with Crippen molar-refractivity contribution in [2.45, 2.75) is 13.0 Å². The number of amides is 2. The van der Waals surface area contributed by atoms with E-state index in [1.165, 1.54) is 0 Å². The molecule has 7 nitrogen and oxygen atoms in total. The van der Waals surface area contributed by atoms with Gasteiger partial charge in [-0.15, -0.1) is 0 Å². The van der Waals surface area contributed by atoms with Crippen LogP contribution >= 0.6 is 0 Å². The number of benzene rings is 1. The van der Waals surface area contributed by atoms with Crippen LogP contribution < -0.4 is 5.32 Å². The maximum absolute atomic E-state index is 12.2. The van der Waals surface area contributed by atoms with Crippen LogP contribution in [0, 0.1) is 0 Å². The molecule has 2 amide bonds. The molecule has 1 aromatic carbocycles. The Balaban J connectivity index is 1.39. The largest absolute Gasteiger partial charge is 0.379 e. The topological polar surface area (TPSA) is 62.6 Å². The fourth-order valence-corrected chi connectivity index (χ4v) is 2.97. The van der Waals surface area contributed by atoms with E-state index in [0.717, 1.165) is 50.5 Å². The summed E-state index contributed by atoms with van der Waals surface area (Å²) < 4.78 is 7.16. The first-order valence-corrected chi connectivity index (χ1v) is 9.10. The van der Waals surface area contributed by atoms with E-state index in [2.05, 4.69) is 15.3 Å². The zero-order valence-electron chi connectivity index (χ0n) is 15.3. The van der Waals surface area contributed by atoms with Crippen LogP contribution in [0.1, 0.15) is 12.0 Å². The number of aromatic nitrogens is 2. The van der Waals surface area contributed by atoms with Gasteiger partial charge in [0.1, 0.15) is 0 Å². The van der Waals surface area contributed by atoms with Gasteiger partial charge in [0.05, 0.1) is 31.6 Å². The van der Waals surface area contributed by atoms with Gasteiger partial charge in [-0.25, -0.2) is 9.48 Å². The second-order valence-corrected chi connectivity index (χ2v) is 6.52. The predicted octanol–water partition coefficient (Wildman–Crippen LogP) is 1.74. The summed E-state index contributed by atoms with van der Waals surface area (Å²) in [6.07, 6.45) is 4.71. The molecular weight excluding hydrogens is 330 g/mol. The van der Waals surface area contributed by atoms with Gasteiger partial charge >= 0.3 is 6.03 Å². The molecule has 0 bridgehead atoms. The molecule has 0 spiro atoms. The zero-order chi connectivity index (χ0) is 18.2. The first-order chi connectivity index (χ1) is 12.7. The second kappa shape index (κ2) is 9.35. The highest BCUT2D eigenvalue weighted by atomic mass is 16.5. The third-order valence-corrected chi connectivity index (χ3v) is 4.45. The lowest BCUT2D eigenvalue weighted by Crippen LogP contribution is -2.40. The Bertz CT molecular complexity index is 682. The van der Waals surface area contributed by atoms with Gasteiger partial charge in [0, 0.05) is 38.4 Å².